The van der Waals surface area contributed by atoms with Gasteiger partial charge in [-0.15, -0.1) is 0 Å². The number of aliphatic imine (C=N–C) groups is 1. The van der Waals surface area contributed by atoms with E-state index in [9.17, 15) is 27.6 Å². The van der Waals surface area contributed by atoms with Crippen LogP contribution in [0.4, 0.5) is 9.59 Å². The summed E-state index contributed by atoms with van der Waals surface area (Å²) in [6.07, 6.45) is 2.39. The van der Waals surface area contributed by atoms with Crippen LogP contribution in [0.3, 0.4) is 0 Å². The summed E-state index contributed by atoms with van der Waals surface area (Å²) < 4.78 is 53.9. The van der Waals surface area contributed by atoms with Crippen LogP contribution in [-0.4, -0.2) is 111 Å². The summed E-state index contributed by atoms with van der Waals surface area (Å²) in [5, 5.41) is 2.69. The molecule has 0 aromatic heterocycles. The molecule has 2 amide bonds. The number of benzene rings is 2. The molecule has 17 heteroatoms. The van der Waals surface area contributed by atoms with Crippen molar-refractivity contribution >= 4 is 39.7 Å². The smallest absolute Gasteiger partial charge is 0.415 e. The van der Waals surface area contributed by atoms with Crippen LogP contribution >= 0.6 is 0 Å². The first kappa shape index (κ1) is 47.1. The predicted octanol–water partition coefficient (Wildman–Crippen LogP) is 5.70. The van der Waals surface area contributed by atoms with Gasteiger partial charge in [0.1, 0.15) is 17.0 Å². The van der Waals surface area contributed by atoms with Crippen molar-refractivity contribution in [1.82, 2.24) is 19.8 Å². The lowest BCUT2D eigenvalue weighted by Crippen LogP contribution is -2.65. The number of amides is 2. The Labute approximate surface area is 377 Å². The molecule has 2 bridgehead atoms. The Balaban J connectivity index is 0.966. The van der Waals surface area contributed by atoms with Gasteiger partial charge in [-0.1, -0.05) is 6.07 Å². The van der Waals surface area contributed by atoms with E-state index in [2.05, 4.69) is 27.0 Å². The predicted molar refractivity (Wildman–Crippen MR) is 241 cm³/mol. The maximum atomic E-state index is 13.7. The molecule has 64 heavy (non-hydrogen) atoms. The minimum Gasteiger partial charge on any atom is -0.487 e. The maximum Gasteiger partial charge on any atom is 0.415 e. The van der Waals surface area contributed by atoms with E-state index < -0.39 is 51.0 Å². The zero-order valence-corrected chi connectivity index (χ0v) is 39.9. The average Bonchev–Trinajstić information content (AvgIpc) is 3.73. The number of likely N-dealkylation sites (tertiary alicyclic amines) is 1. The number of ether oxygens (including phenoxy) is 4. The molecule has 2 aromatic carbocycles. The molecule has 2 aromatic rings. The Morgan fingerprint density at radius 3 is 2.53 bits per heavy atom. The fourth-order valence-corrected chi connectivity index (χ4v) is 12.4. The molecule has 2 fully saturated rings. The summed E-state index contributed by atoms with van der Waals surface area (Å²) in [5.74, 6) is 1.34. The molecule has 1 saturated heterocycles. The Morgan fingerprint density at radius 2 is 1.83 bits per heavy atom. The first-order valence-electron chi connectivity index (χ1n) is 22.7. The van der Waals surface area contributed by atoms with E-state index in [1.54, 1.807) is 40.7 Å². The van der Waals surface area contributed by atoms with E-state index in [-0.39, 0.29) is 61.2 Å². The fourth-order valence-electron chi connectivity index (χ4n) is 10.9. The molecule has 350 valence electrons. The molecule has 3 aliphatic heterocycles. The van der Waals surface area contributed by atoms with Gasteiger partial charge in [0.2, 0.25) is 5.96 Å². The highest BCUT2D eigenvalue weighted by atomic mass is 32.2. The number of carbonyl (C=O) groups is 4. The third-order valence-corrected chi connectivity index (χ3v) is 15.5. The highest BCUT2D eigenvalue weighted by Crippen LogP contribution is 2.63. The van der Waals surface area contributed by atoms with Crippen LogP contribution in [0, 0.1) is 26.7 Å². The summed E-state index contributed by atoms with van der Waals surface area (Å²) in [5.41, 5.74) is 9.39. The number of alkyl carbamates (subject to hydrolysis) is 1. The lowest BCUT2D eigenvalue weighted by atomic mass is 9.52. The first-order chi connectivity index (χ1) is 30.0. The molecule has 4 N–H and O–H groups in total. The minimum absolute atomic E-state index is 0.0348. The molecule has 5 aliphatic rings. The van der Waals surface area contributed by atoms with E-state index in [0.29, 0.717) is 54.0 Å². The van der Waals surface area contributed by atoms with Crippen LogP contribution in [0.2, 0.25) is 0 Å². The normalized spacial score (nSPS) is 23.6. The van der Waals surface area contributed by atoms with E-state index in [1.807, 2.05) is 33.8 Å². The number of hydrogen-bond acceptors (Lipinski definition) is 12. The standard InChI is InChI=1S/C47H66N6O10S/c1-11-53(44(57)60-36-19-16-29-24-33-31-17-18-35(55)41-47(31,20-23-52(33)10)37(29)39(36)61-41)22-13-15-34(54)32(50-43(56)63-45(5,6)7)14-12-21-49-42(48)51-64(58,59)40-27(3)26(2)38-30(28(40)4)25-46(8,9)62-38/h16,19,31-33,41H,11-15,17-18,20-25H2,1-10H3,(H,50,56)(H3,48,49,51)/t31?,32-,33+,41-,47-/m0/s1. The molecule has 16 nitrogen and oxygen atoms in total. The van der Waals surface area contributed by atoms with Gasteiger partial charge in [-0.3, -0.25) is 14.6 Å². The molecule has 2 aliphatic carbocycles. The van der Waals surface area contributed by atoms with E-state index in [4.69, 9.17) is 24.7 Å². The maximum absolute atomic E-state index is 13.7. The molecule has 3 heterocycles. The van der Waals surface area contributed by atoms with Crippen molar-refractivity contribution in [2.45, 2.75) is 160 Å². The third-order valence-electron chi connectivity index (χ3n) is 13.9. The van der Waals surface area contributed by atoms with Gasteiger partial charge >= 0.3 is 12.2 Å². The second-order valence-corrected chi connectivity index (χ2v) is 21.5. The van der Waals surface area contributed by atoms with Gasteiger partial charge in [0.15, 0.2) is 29.2 Å². The molecule has 1 unspecified atom stereocenters. The summed E-state index contributed by atoms with van der Waals surface area (Å²) >= 11 is 0. The van der Waals surface area contributed by atoms with Crippen LogP contribution in [0.25, 0.3) is 0 Å². The first-order valence-corrected chi connectivity index (χ1v) is 24.2. The number of carbonyl (C=O) groups excluding carboxylic acids is 4. The summed E-state index contributed by atoms with van der Waals surface area (Å²) in [7, 11) is -1.95. The van der Waals surface area contributed by atoms with E-state index in [0.717, 1.165) is 53.8 Å². The number of nitrogens with zero attached hydrogens (tertiary/aromatic N) is 3. The minimum atomic E-state index is -4.11. The quantitative estimate of drug-likeness (QED) is 0.119. The summed E-state index contributed by atoms with van der Waals surface area (Å²) in [6.45, 7) is 17.7. The van der Waals surface area contributed by atoms with Gasteiger partial charge in [0.25, 0.3) is 10.0 Å². The number of fused-ring (bicyclic) bond motifs is 1. The van der Waals surface area contributed by atoms with Crippen LogP contribution in [0.5, 0.6) is 17.2 Å². The second-order valence-electron chi connectivity index (χ2n) is 19.9. The number of hydrogen-bond donors (Lipinski definition) is 3. The SMILES string of the molecule is CCN(CCCC(=O)[C@H](CCCN=C(N)NS(=O)(=O)c1c(C)c(C)c2c(c1C)CC(C)(C)O2)NC(=O)OC(C)(C)C)C(=O)Oc1ccc2c3c1O[C@H]1C(=O)CCC4[C@@H](C2)N(C)CC[C@@]341. The van der Waals surface area contributed by atoms with Crippen molar-refractivity contribution in [3.8, 4) is 17.2 Å². The molecule has 0 radical (unpaired) electrons. The topological polar surface area (TPSA) is 208 Å². The van der Waals surface area contributed by atoms with E-state index >= 15 is 0 Å². The number of nitrogens with one attached hydrogen (secondary N) is 2. The van der Waals surface area contributed by atoms with Crippen molar-refractivity contribution in [2.24, 2.45) is 16.6 Å². The van der Waals surface area contributed by atoms with Gasteiger partial charge < -0.3 is 39.8 Å². The number of Topliss-reactive ketones (excluding diaryl/α,β-unsaturated/α-hetero) is 2. The Hall–Kier alpha value is -4.90. The third kappa shape index (κ3) is 8.90. The number of ketones is 2. The molecule has 1 spiro atoms. The van der Waals surface area contributed by atoms with Gasteiger partial charge in [-0.25, -0.2) is 22.7 Å². The van der Waals surface area contributed by atoms with Gasteiger partial charge in [-0.2, -0.15) is 0 Å². The Kier molecular flexibility index (Phi) is 12.9. The largest absolute Gasteiger partial charge is 0.487 e. The zero-order chi connectivity index (χ0) is 46.7. The molecule has 7 rings (SSSR count). The number of guanidine groups is 1. The number of likely N-dealkylation sites (N-methyl/N-ethyl adjacent to an activating group) is 1. The molecule has 1 saturated carbocycles. The summed E-state index contributed by atoms with van der Waals surface area (Å²) in [4.78, 5) is 61.9. The van der Waals surface area contributed by atoms with Crippen LogP contribution in [0.15, 0.2) is 22.0 Å². The van der Waals surface area contributed by atoms with Crippen molar-refractivity contribution in [3.63, 3.8) is 0 Å². The number of sulfonamides is 1. The highest BCUT2D eigenvalue weighted by Gasteiger charge is 2.65. The van der Waals surface area contributed by atoms with Crippen molar-refractivity contribution < 1.29 is 46.5 Å². The summed E-state index contributed by atoms with van der Waals surface area (Å²) in [6, 6.07) is 3.17. The molecule has 5 atom stereocenters. The van der Waals surface area contributed by atoms with Crippen molar-refractivity contribution in [3.05, 3.63) is 45.5 Å². The highest BCUT2D eigenvalue weighted by molar-refractivity contribution is 7.90. The van der Waals surface area contributed by atoms with Crippen LogP contribution < -0.4 is 30.0 Å². The van der Waals surface area contributed by atoms with E-state index in [1.165, 1.54) is 4.90 Å². The van der Waals surface area contributed by atoms with Gasteiger partial charge in [0, 0.05) is 61.5 Å². The second kappa shape index (κ2) is 17.5. The number of nitrogens with two attached hydrogens (primary N) is 1. The fraction of sp³-hybridized carbons (Fsp3) is 0.638. The molecular weight excluding hydrogens is 841 g/mol. The van der Waals surface area contributed by atoms with Crippen molar-refractivity contribution in [1.29, 1.82) is 0 Å². The lowest BCUT2D eigenvalue weighted by Gasteiger charge is -2.57. The lowest BCUT2D eigenvalue weighted by molar-refractivity contribution is -0.138. The van der Waals surface area contributed by atoms with Crippen molar-refractivity contribution in [2.75, 3.05) is 33.2 Å². The van der Waals surface area contributed by atoms with Crippen LogP contribution in [0.1, 0.15) is 120 Å². The Morgan fingerprint density at radius 1 is 1.09 bits per heavy atom. The zero-order valence-electron chi connectivity index (χ0n) is 39.1. The number of rotatable bonds is 14. The van der Waals surface area contributed by atoms with Crippen LogP contribution in [-0.2, 0) is 42.6 Å². The average molecular weight is 907 g/mol. The molecular formula is C47H66N6O10S. The monoisotopic (exact) mass is 906 g/mol. The Bertz CT molecular complexity index is 2370. The van der Waals surface area contributed by atoms with Gasteiger partial charge in [0.05, 0.1) is 10.9 Å². The number of piperidine rings is 1. The van der Waals surface area contributed by atoms with Gasteiger partial charge in [-0.05, 0) is 149 Å².